The lowest BCUT2D eigenvalue weighted by Crippen LogP contribution is -2.02. The minimum Gasteiger partial charge on any atom is -0.505 e. The summed E-state index contributed by atoms with van der Waals surface area (Å²) in [4.78, 5) is 13.8. The van der Waals surface area contributed by atoms with Gasteiger partial charge in [0.1, 0.15) is 10.2 Å². The molecular weight excluding hydrogens is 264 g/mol. The van der Waals surface area contributed by atoms with Gasteiger partial charge in [-0.2, -0.15) is 0 Å². The van der Waals surface area contributed by atoms with Crippen molar-refractivity contribution in [3.8, 4) is 5.75 Å². The van der Waals surface area contributed by atoms with Gasteiger partial charge in [0.05, 0.1) is 0 Å². The molecule has 0 aliphatic heterocycles. The highest BCUT2D eigenvalue weighted by atomic mass is 79.9. The Morgan fingerprint density at radius 2 is 2.14 bits per heavy atom. The van der Waals surface area contributed by atoms with Crippen LogP contribution in [0.3, 0.4) is 0 Å². The van der Waals surface area contributed by atoms with Crippen molar-refractivity contribution >= 4 is 21.9 Å². The molecule has 0 saturated carbocycles. The van der Waals surface area contributed by atoms with E-state index in [4.69, 9.17) is 10.2 Å². The van der Waals surface area contributed by atoms with E-state index in [1.165, 1.54) is 0 Å². The highest BCUT2D eigenvalue weighted by Crippen LogP contribution is 2.31. The van der Waals surface area contributed by atoms with Crippen LogP contribution in [0.4, 0.5) is 8.78 Å². The van der Waals surface area contributed by atoms with Gasteiger partial charge >= 0.3 is 5.97 Å². The van der Waals surface area contributed by atoms with Crippen molar-refractivity contribution in [3.63, 3.8) is 0 Å². The zero-order valence-electron chi connectivity index (χ0n) is 6.54. The van der Waals surface area contributed by atoms with Crippen LogP contribution in [0.1, 0.15) is 22.5 Å². The maximum atomic E-state index is 12.2. The fourth-order valence-corrected chi connectivity index (χ4v) is 1.26. The smallest absolute Gasteiger partial charge is 0.339 e. The average Bonchev–Trinajstić information content (AvgIpc) is 2.07. The maximum Gasteiger partial charge on any atom is 0.339 e. The maximum absolute atomic E-state index is 12.2. The first-order chi connectivity index (χ1) is 6.43. The van der Waals surface area contributed by atoms with E-state index in [1.807, 2.05) is 0 Å². The molecule has 14 heavy (non-hydrogen) atoms. The molecule has 1 rings (SSSR count). The number of aromatic carboxylic acids is 1. The Bertz CT molecular complexity index is 383. The van der Waals surface area contributed by atoms with E-state index in [0.717, 1.165) is 6.07 Å². The molecule has 7 heteroatoms. The predicted molar refractivity (Wildman–Crippen MR) is 45.5 cm³/mol. The first kappa shape index (κ1) is 10.8. The lowest BCUT2D eigenvalue weighted by molar-refractivity contribution is 0.0692. The first-order valence-corrected chi connectivity index (χ1v) is 4.13. The lowest BCUT2D eigenvalue weighted by Gasteiger charge is -2.05. The average molecular weight is 268 g/mol. The minimum absolute atomic E-state index is 0.0667. The summed E-state index contributed by atoms with van der Waals surface area (Å²) in [5.74, 6) is -2.50. The summed E-state index contributed by atoms with van der Waals surface area (Å²) in [6, 6.07) is 0.948. The van der Waals surface area contributed by atoms with E-state index >= 15 is 0 Å². The Kier molecular flexibility index (Phi) is 3.00. The topological polar surface area (TPSA) is 70.4 Å². The largest absolute Gasteiger partial charge is 0.505 e. The second-order valence-corrected chi connectivity index (χ2v) is 3.14. The molecule has 0 aliphatic rings. The molecule has 0 saturated heterocycles. The predicted octanol–water partition coefficient (Wildman–Crippen LogP) is 2.19. The van der Waals surface area contributed by atoms with Gasteiger partial charge in [-0.15, -0.1) is 0 Å². The SMILES string of the molecule is O=C(O)c1cc(Br)nc(C(F)F)c1O. The quantitative estimate of drug-likeness (QED) is 0.806. The van der Waals surface area contributed by atoms with Crippen LogP contribution in [0.2, 0.25) is 0 Å². The number of aromatic hydroxyl groups is 1. The Labute approximate surface area is 85.3 Å². The third-order valence-electron chi connectivity index (χ3n) is 1.43. The summed E-state index contributed by atoms with van der Waals surface area (Å²) in [6.45, 7) is 0. The van der Waals surface area contributed by atoms with Crippen molar-refractivity contribution < 1.29 is 23.8 Å². The molecule has 0 amide bonds. The van der Waals surface area contributed by atoms with Crippen molar-refractivity contribution in [1.82, 2.24) is 4.98 Å². The van der Waals surface area contributed by atoms with Crippen molar-refractivity contribution in [3.05, 3.63) is 21.9 Å². The van der Waals surface area contributed by atoms with E-state index in [-0.39, 0.29) is 4.60 Å². The van der Waals surface area contributed by atoms with Crippen molar-refractivity contribution in [2.24, 2.45) is 0 Å². The molecule has 4 nitrogen and oxygen atoms in total. The van der Waals surface area contributed by atoms with Crippen LogP contribution >= 0.6 is 15.9 Å². The molecule has 1 aromatic rings. The highest BCUT2D eigenvalue weighted by Gasteiger charge is 2.22. The number of aromatic nitrogens is 1. The van der Waals surface area contributed by atoms with E-state index in [2.05, 4.69) is 20.9 Å². The Morgan fingerprint density at radius 1 is 1.57 bits per heavy atom. The van der Waals surface area contributed by atoms with Crippen LogP contribution < -0.4 is 0 Å². The van der Waals surface area contributed by atoms with Gasteiger partial charge in [-0.05, 0) is 22.0 Å². The monoisotopic (exact) mass is 267 g/mol. The molecule has 2 N–H and O–H groups in total. The van der Waals surface area contributed by atoms with Gasteiger partial charge in [-0.3, -0.25) is 0 Å². The number of pyridine rings is 1. The summed E-state index contributed by atoms with van der Waals surface area (Å²) < 4.78 is 24.4. The highest BCUT2D eigenvalue weighted by molar-refractivity contribution is 9.10. The van der Waals surface area contributed by atoms with Crippen molar-refractivity contribution in [2.45, 2.75) is 6.43 Å². The number of hydrogen-bond acceptors (Lipinski definition) is 3. The third kappa shape index (κ3) is 1.98. The van der Waals surface area contributed by atoms with Crippen LogP contribution in [-0.2, 0) is 0 Å². The van der Waals surface area contributed by atoms with Gasteiger partial charge in [-0.25, -0.2) is 18.6 Å². The van der Waals surface area contributed by atoms with Crippen LogP contribution in [0.25, 0.3) is 0 Å². The fourth-order valence-electron chi connectivity index (χ4n) is 0.841. The van der Waals surface area contributed by atoms with E-state index < -0.39 is 29.4 Å². The summed E-state index contributed by atoms with van der Waals surface area (Å²) in [5, 5.41) is 17.7. The standard InChI is InChI=1S/C7H4BrF2NO3/c8-3-1-2(7(13)14)5(12)4(11-3)6(9)10/h1,6,12H,(H,13,14). The van der Waals surface area contributed by atoms with E-state index in [0.29, 0.717) is 0 Å². The van der Waals surface area contributed by atoms with Crippen molar-refractivity contribution in [1.29, 1.82) is 0 Å². The minimum atomic E-state index is -3.02. The number of alkyl halides is 2. The molecule has 0 aromatic carbocycles. The second kappa shape index (κ2) is 3.87. The number of carboxylic acid groups (broad SMARTS) is 1. The summed E-state index contributed by atoms with van der Waals surface area (Å²) in [7, 11) is 0. The Hall–Kier alpha value is -1.24. The van der Waals surface area contributed by atoms with Gasteiger partial charge in [0, 0.05) is 0 Å². The van der Waals surface area contributed by atoms with Crippen molar-refractivity contribution in [2.75, 3.05) is 0 Å². The summed E-state index contributed by atoms with van der Waals surface area (Å²) >= 11 is 2.76. The molecule has 0 atom stereocenters. The van der Waals surface area contributed by atoms with Gasteiger partial charge < -0.3 is 10.2 Å². The molecular formula is C7H4BrF2NO3. The van der Waals surface area contributed by atoms with Gasteiger partial charge in [0.25, 0.3) is 6.43 Å². The molecule has 0 bridgehead atoms. The van der Waals surface area contributed by atoms with Crippen LogP contribution in [0.15, 0.2) is 10.7 Å². The molecule has 0 radical (unpaired) electrons. The molecule has 76 valence electrons. The van der Waals surface area contributed by atoms with Crippen LogP contribution in [-0.4, -0.2) is 21.2 Å². The summed E-state index contributed by atoms with van der Waals surface area (Å²) in [5.41, 5.74) is -1.56. The molecule has 1 heterocycles. The number of halogens is 3. The van der Waals surface area contributed by atoms with Crippen LogP contribution in [0, 0.1) is 0 Å². The Morgan fingerprint density at radius 3 is 2.57 bits per heavy atom. The number of nitrogens with zero attached hydrogens (tertiary/aromatic N) is 1. The molecule has 0 aliphatic carbocycles. The van der Waals surface area contributed by atoms with Gasteiger partial charge in [0.2, 0.25) is 0 Å². The molecule has 0 fully saturated rings. The first-order valence-electron chi connectivity index (χ1n) is 3.34. The number of carbonyl (C=O) groups is 1. The van der Waals surface area contributed by atoms with Gasteiger partial charge in [0.15, 0.2) is 11.4 Å². The second-order valence-electron chi connectivity index (χ2n) is 2.33. The third-order valence-corrected chi connectivity index (χ3v) is 1.83. The molecule has 1 aromatic heterocycles. The van der Waals surface area contributed by atoms with E-state index in [1.54, 1.807) is 0 Å². The van der Waals surface area contributed by atoms with E-state index in [9.17, 15) is 13.6 Å². The Balaban J connectivity index is 3.40. The number of hydrogen-bond donors (Lipinski definition) is 2. The molecule has 0 unspecified atom stereocenters. The lowest BCUT2D eigenvalue weighted by atomic mass is 10.2. The van der Waals surface area contributed by atoms with Crippen LogP contribution in [0.5, 0.6) is 5.75 Å². The molecule has 0 spiro atoms. The zero-order chi connectivity index (χ0) is 10.9. The van der Waals surface area contributed by atoms with Gasteiger partial charge in [-0.1, -0.05) is 0 Å². The zero-order valence-corrected chi connectivity index (χ0v) is 8.12. The fraction of sp³-hybridized carbons (Fsp3) is 0.143. The number of carboxylic acids is 1. The normalized spacial score (nSPS) is 10.6. The number of rotatable bonds is 2. The summed E-state index contributed by atoms with van der Waals surface area (Å²) in [6.07, 6.45) is -3.02.